The molecular formula is C22H19Cl3N4OS. The summed E-state index contributed by atoms with van der Waals surface area (Å²) >= 11 is 20.4. The second-order valence-electron chi connectivity index (χ2n) is 7.59. The molecule has 1 amide bonds. The van der Waals surface area contributed by atoms with Gasteiger partial charge in [0.1, 0.15) is 11.4 Å². The van der Waals surface area contributed by atoms with Gasteiger partial charge in [0.25, 0.3) is 5.91 Å². The Labute approximate surface area is 199 Å². The van der Waals surface area contributed by atoms with Gasteiger partial charge >= 0.3 is 0 Å². The first-order chi connectivity index (χ1) is 15.0. The van der Waals surface area contributed by atoms with E-state index in [1.54, 1.807) is 35.0 Å². The first-order valence-corrected chi connectivity index (χ1v) is 12.2. The van der Waals surface area contributed by atoms with Gasteiger partial charge in [-0.05, 0) is 48.7 Å². The fraction of sp³-hybridized carbons (Fsp3) is 0.273. The largest absolute Gasteiger partial charge is 0.292 e. The van der Waals surface area contributed by atoms with E-state index in [1.165, 1.54) is 0 Å². The van der Waals surface area contributed by atoms with Crippen LogP contribution in [0.5, 0.6) is 0 Å². The quantitative estimate of drug-likeness (QED) is 0.441. The molecule has 0 radical (unpaired) electrons. The fourth-order valence-electron chi connectivity index (χ4n) is 4.09. The van der Waals surface area contributed by atoms with Crippen LogP contribution in [0.3, 0.4) is 0 Å². The van der Waals surface area contributed by atoms with Crippen molar-refractivity contribution in [2.24, 2.45) is 0 Å². The average Bonchev–Trinajstić information content (AvgIpc) is 3.20. The molecule has 0 bridgehead atoms. The Kier molecular flexibility index (Phi) is 5.92. The number of aromatic nitrogens is 2. The molecule has 1 fully saturated rings. The number of hydrogen-bond acceptors (Lipinski definition) is 4. The average molecular weight is 494 g/mol. The lowest BCUT2D eigenvalue weighted by Gasteiger charge is -2.37. The number of aromatic amines is 1. The Morgan fingerprint density at radius 2 is 1.77 bits per heavy atom. The first kappa shape index (κ1) is 21.2. The molecule has 1 N–H and O–H groups in total. The highest BCUT2D eigenvalue weighted by molar-refractivity contribution is 7.98. The molecular weight excluding hydrogens is 475 g/mol. The van der Waals surface area contributed by atoms with Gasteiger partial charge in [0.2, 0.25) is 0 Å². The number of amides is 1. The van der Waals surface area contributed by atoms with Crippen LogP contribution < -0.4 is 5.01 Å². The molecule has 0 aliphatic carbocycles. The number of halogens is 3. The maximum Gasteiger partial charge on any atom is 0.292 e. The van der Waals surface area contributed by atoms with Gasteiger partial charge in [0.05, 0.1) is 15.6 Å². The van der Waals surface area contributed by atoms with Gasteiger partial charge in [-0.15, -0.1) is 11.8 Å². The number of fused-ring (bicyclic) bond motifs is 3. The highest BCUT2D eigenvalue weighted by atomic mass is 35.5. The van der Waals surface area contributed by atoms with E-state index < -0.39 is 0 Å². The third-order valence-electron chi connectivity index (χ3n) is 5.58. The molecule has 160 valence electrons. The molecule has 2 aliphatic heterocycles. The predicted octanol–water partition coefficient (Wildman–Crippen LogP) is 6.69. The molecule has 5 nitrogen and oxygen atoms in total. The van der Waals surface area contributed by atoms with E-state index in [4.69, 9.17) is 34.8 Å². The van der Waals surface area contributed by atoms with Crippen molar-refractivity contribution in [3.05, 3.63) is 62.7 Å². The molecule has 3 heterocycles. The summed E-state index contributed by atoms with van der Waals surface area (Å²) in [6.45, 7) is 1.57. The summed E-state index contributed by atoms with van der Waals surface area (Å²) in [5, 5.41) is 12.9. The summed E-state index contributed by atoms with van der Waals surface area (Å²) in [5.74, 6) is 0.554. The maximum atomic E-state index is 13.9. The number of hydrogen-bond donors (Lipinski definition) is 1. The highest BCUT2D eigenvalue weighted by Gasteiger charge is 2.33. The minimum absolute atomic E-state index is 0.176. The minimum atomic E-state index is -0.176. The molecule has 2 aromatic carbocycles. The number of hydrazine groups is 1. The van der Waals surface area contributed by atoms with Crippen LogP contribution in [0.1, 0.15) is 35.3 Å². The van der Waals surface area contributed by atoms with Crippen LogP contribution in [0, 0.1) is 0 Å². The molecule has 0 unspecified atom stereocenters. The first-order valence-electron chi connectivity index (χ1n) is 10.1. The van der Waals surface area contributed by atoms with Crippen molar-refractivity contribution in [2.75, 3.05) is 18.1 Å². The van der Waals surface area contributed by atoms with Gasteiger partial charge < -0.3 is 0 Å². The number of anilines is 1. The predicted molar refractivity (Wildman–Crippen MR) is 127 cm³/mol. The number of benzene rings is 2. The van der Waals surface area contributed by atoms with Crippen molar-refractivity contribution < 1.29 is 4.79 Å². The molecule has 1 saturated heterocycles. The Balaban J connectivity index is 1.57. The van der Waals surface area contributed by atoms with E-state index in [-0.39, 0.29) is 5.91 Å². The Morgan fingerprint density at radius 1 is 1.03 bits per heavy atom. The van der Waals surface area contributed by atoms with E-state index in [9.17, 15) is 4.79 Å². The van der Waals surface area contributed by atoms with Crippen LogP contribution in [0.4, 0.5) is 5.69 Å². The van der Waals surface area contributed by atoms with Gasteiger partial charge in [0.15, 0.2) is 0 Å². The van der Waals surface area contributed by atoms with Crippen LogP contribution in [0.25, 0.3) is 11.3 Å². The van der Waals surface area contributed by atoms with Crippen LogP contribution >= 0.6 is 46.6 Å². The Hall–Kier alpha value is -1.70. The molecule has 9 heteroatoms. The number of rotatable bonds is 3. The van der Waals surface area contributed by atoms with Crippen LogP contribution in [-0.4, -0.2) is 34.2 Å². The zero-order valence-corrected chi connectivity index (χ0v) is 19.6. The second kappa shape index (κ2) is 8.68. The molecule has 5 rings (SSSR count). The summed E-state index contributed by atoms with van der Waals surface area (Å²) in [7, 11) is 0. The molecule has 3 aromatic rings. The lowest BCUT2D eigenvalue weighted by atomic mass is 10.0. The smallest absolute Gasteiger partial charge is 0.271 e. The Morgan fingerprint density at radius 3 is 2.55 bits per heavy atom. The number of carbonyl (C=O) groups excluding carboxylic acids is 1. The fourth-order valence-corrected chi connectivity index (χ4v) is 5.88. The van der Waals surface area contributed by atoms with Crippen molar-refractivity contribution >= 4 is 58.2 Å². The van der Waals surface area contributed by atoms with E-state index in [1.807, 2.05) is 18.2 Å². The molecule has 0 saturated carbocycles. The van der Waals surface area contributed by atoms with Gasteiger partial charge in [-0.1, -0.05) is 47.3 Å². The van der Waals surface area contributed by atoms with E-state index in [0.29, 0.717) is 26.4 Å². The standard InChI is InChI=1S/C22H19Cl3N4OS/c23-14-4-6-16-13(10-14)12-31-21-19(16)26-27-20(21)22(30)29(28-8-2-1-3-9-28)18-7-5-15(24)11-17(18)25/h4-7,10-11H,1-3,8-9,12H2,(H,26,27). The minimum Gasteiger partial charge on any atom is -0.271 e. The van der Waals surface area contributed by atoms with Crippen LogP contribution in [-0.2, 0) is 5.75 Å². The summed E-state index contributed by atoms with van der Waals surface area (Å²) in [6.07, 6.45) is 3.21. The zero-order valence-electron chi connectivity index (χ0n) is 16.5. The lowest BCUT2D eigenvalue weighted by molar-refractivity contribution is 0.0864. The molecule has 1 aromatic heterocycles. The van der Waals surface area contributed by atoms with Crippen molar-refractivity contribution in [2.45, 2.75) is 29.9 Å². The normalized spacial score (nSPS) is 16.0. The summed E-state index contributed by atoms with van der Waals surface area (Å²) in [4.78, 5) is 14.7. The number of carbonyl (C=O) groups is 1. The zero-order chi connectivity index (χ0) is 21.5. The molecule has 2 aliphatic rings. The SMILES string of the molecule is O=C(c1[nH]nc2c1SCc1cc(Cl)ccc1-2)N(c1ccc(Cl)cc1Cl)N1CCCCC1. The van der Waals surface area contributed by atoms with Gasteiger partial charge in [-0.3, -0.25) is 9.89 Å². The van der Waals surface area contributed by atoms with Gasteiger partial charge in [0, 0.05) is 34.5 Å². The lowest BCUT2D eigenvalue weighted by Crippen LogP contribution is -2.49. The van der Waals surface area contributed by atoms with Crippen LogP contribution in [0.2, 0.25) is 15.1 Å². The van der Waals surface area contributed by atoms with E-state index >= 15 is 0 Å². The number of nitrogens with one attached hydrogen (secondary N) is 1. The number of piperidine rings is 1. The number of thioether (sulfide) groups is 1. The van der Waals surface area contributed by atoms with Crippen molar-refractivity contribution in [1.29, 1.82) is 0 Å². The van der Waals surface area contributed by atoms with Crippen molar-refractivity contribution in [1.82, 2.24) is 15.2 Å². The highest BCUT2D eigenvalue weighted by Crippen LogP contribution is 2.43. The van der Waals surface area contributed by atoms with Crippen LogP contribution in [0.15, 0.2) is 41.3 Å². The van der Waals surface area contributed by atoms with Gasteiger partial charge in [-0.2, -0.15) is 5.10 Å². The van der Waals surface area contributed by atoms with Gasteiger partial charge in [-0.25, -0.2) is 10.0 Å². The monoisotopic (exact) mass is 492 g/mol. The molecule has 0 spiro atoms. The third kappa shape index (κ3) is 3.96. The van der Waals surface area contributed by atoms with Crippen molar-refractivity contribution in [3.8, 4) is 11.3 Å². The summed E-state index contributed by atoms with van der Waals surface area (Å²) < 4.78 is 0. The van der Waals surface area contributed by atoms with E-state index in [0.717, 1.165) is 59.8 Å². The molecule has 31 heavy (non-hydrogen) atoms. The topological polar surface area (TPSA) is 52.2 Å². The third-order valence-corrected chi connectivity index (χ3v) is 7.49. The molecule has 0 atom stereocenters. The maximum absolute atomic E-state index is 13.9. The summed E-state index contributed by atoms with van der Waals surface area (Å²) in [6, 6.07) is 11.0. The van der Waals surface area contributed by atoms with Crippen molar-refractivity contribution in [3.63, 3.8) is 0 Å². The Bertz CT molecular complexity index is 1160. The number of H-pyrrole nitrogens is 1. The van der Waals surface area contributed by atoms with E-state index in [2.05, 4.69) is 15.2 Å². The summed E-state index contributed by atoms with van der Waals surface area (Å²) in [5.41, 5.74) is 3.99. The second-order valence-corrected chi connectivity index (χ2v) is 9.86. The number of nitrogens with zero attached hydrogens (tertiary/aromatic N) is 3.